The zero-order valence-corrected chi connectivity index (χ0v) is 10.2. The normalized spacial score (nSPS) is 25.3. The van der Waals surface area contributed by atoms with Gasteiger partial charge in [0.25, 0.3) is 0 Å². The Hall–Kier alpha value is -0.960. The topological polar surface area (TPSA) is 37.3 Å². The molecule has 2 rings (SSSR count). The molecule has 1 saturated heterocycles. The molecule has 2 unspecified atom stereocenters. The fraction of sp³-hybridized carbons (Fsp3) is 0.462. The van der Waals surface area contributed by atoms with Crippen LogP contribution in [0.25, 0.3) is 0 Å². The molecule has 1 aromatic carbocycles. The maximum Gasteiger partial charge on any atom is 0.307 e. The van der Waals surface area contributed by atoms with Gasteiger partial charge in [0, 0.05) is 5.75 Å². The average Bonchev–Trinajstić information content (AvgIpc) is 2.29. The molecule has 1 N–H and O–H groups in total. The molecule has 0 spiro atoms. The Bertz CT molecular complexity index is 389. The molecule has 2 nitrogen and oxygen atoms in total. The summed E-state index contributed by atoms with van der Waals surface area (Å²) in [6.07, 6.45) is 0.979. The van der Waals surface area contributed by atoms with Crippen LogP contribution in [0.5, 0.6) is 0 Å². The van der Waals surface area contributed by atoms with Gasteiger partial charge in [-0.15, -0.1) is 0 Å². The number of thioether (sulfide) groups is 1. The first kappa shape index (κ1) is 11.5. The number of benzene rings is 1. The Morgan fingerprint density at radius 1 is 1.44 bits per heavy atom. The summed E-state index contributed by atoms with van der Waals surface area (Å²) < 4.78 is 0. The molecule has 0 saturated carbocycles. The van der Waals surface area contributed by atoms with Crippen LogP contribution in [0.4, 0.5) is 0 Å². The summed E-state index contributed by atoms with van der Waals surface area (Å²) in [5, 5.41) is 9.25. The van der Waals surface area contributed by atoms with Crippen molar-refractivity contribution in [3.05, 3.63) is 35.4 Å². The second kappa shape index (κ2) is 4.91. The lowest BCUT2D eigenvalue weighted by molar-refractivity contribution is -0.141. The van der Waals surface area contributed by atoms with Crippen molar-refractivity contribution in [1.29, 1.82) is 0 Å². The van der Waals surface area contributed by atoms with Crippen LogP contribution in [0.1, 0.15) is 23.5 Å². The maximum atomic E-state index is 11.2. The van der Waals surface area contributed by atoms with E-state index in [0.29, 0.717) is 0 Å². The Morgan fingerprint density at radius 2 is 2.19 bits per heavy atom. The Balaban J connectivity index is 2.30. The SMILES string of the molecule is Cc1ccccc1C1CCSCC1C(=O)O. The molecule has 1 aromatic rings. The van der Waals surface area contributed by atoms with E-state index in [-0.39, 0.29) is 11.8 Å². The minimum absolute atomic E-state index is 0.194. The van der Waals surface area contributed by atoms with Crippen LogP contribution in [0, 0.1) is 12.8 Å². The van der Waals surface area contributed by atoms with E-state index in [4.69, 9.17) is 0 Å². The molecule has 1 aliphatic rings. The van der Waals surface area contributed by atoms with E-state index < -0.39 is 5.97 Å². The third-order valence-electron chi connectivity index (χ3n) is 3.26. The van der Waals surface area contributed by atoms with E-state index in [1.165, 1.54) is 11.1 Å². The van der Waals surface area contributed by atoms with Crippen LogP contribution >= 0.6 is 11.8 Å². The largest absolute Gasteiger partial charge is 0.481 e. The van der Waals surface area contributed by atoms with Gasteiger partial charge in [-0.1, -0.05) is 24.3 Å². The highest BCUT2D eigenvalue weighted by molar-refractivity contribution is 7.99. The van der Waals surface area contributed by atoms with Crippen LogP contribution in [0.3, 0.4) is 0 Å². The van der Waals surface area contributed by atoms with Crippen LogP contribution < -0.4 is 0 Å². The number of carboxylic acids is 1. The van der Waals surface area contributed by atoms with Crippen LogP contribution in [-0.4, -0.2) is 22.6 Å². The summed E-state index contributed by atoms with van der Waals surface area (Å²) >= 11 is 1.75. The number of hydrogen-bond acceptors (Lipinski definition) is 2. The van der Waals surface area contributed by atoms with Gasteiger partial charge in [0.05, 0.1) is 5.92 Å². The molecule has 0 aromatic heterocycles. The molecule has 2 atom stereocenters. The van der Waals surface area contributed by atoms with Gasteiger partial charge >= 0.3 is 5.97 Å². The maximum absolute atomic E-state index is 11.2. The van der Waals surface area contributed by atoms with Crippen molar-refractivity contribution in [2.24, 2.45) is 5.92 Å². The van der Waals surface area contributed by atoms with Gasteiger partial charge in [0.2, 0.25) is 0 Å². The molecule has 1 aliphatic heterocycles. The van der Waals surface area contributed by atoms with E-state index in [1.54, 1.807) is 11.8 Å². The molecule has 1 fully saturated rings. The van der Waals surface area contributed by atoms with Crippen molar-refractivity contribution < 1.29 is 9.90 Å². The molecule has 1 heterocycles. The lowest BCUT2D eigenvalue weighted by atomic mass is 9.82. The first-order valence-electron chi connectivity index (χ1n) is 5.56. The molecule has 0 aliphatic carbocycles. The molecule has 0 amide bonds. The van der Waals surface area contributed by atoms with E-state index in [9.17, 15) is 9.90 Å². The van der Waals surface area contributed by atoms with Gasteiger partial charge in [-0.2, -0.15) is 11.8 Å². The second-order valence-electron chi connectivity index (χ2n) is 4.27. The van der Waals surface area contributed by atoms with Crippen molar-refractivity contribution >= 4 is 17.7 Å². The van der Waals surface area contributed by atoms with Gasteiger partial charge in [0.1, 0.15) is 0 Å². The molecular formula is C13H16O2S. The summed E-state index contributed by atoms with van der Waals surface area (Å²) in [6, 6.07) is 8.15. The van der Waals surface area contributed by atoms with E-state index in [2.05, 4.69) is 19.1 Å². The zero-order chi connectivity index (χ0) is 11.5. The Kier molecular flexibility index (Phi) is 3.54. The van der Waals surface area contributed by atoms with Gasteiger partial charge in [-0.3, -0.25) is 4.79 Å². The number of rotatable bonds is 2. The fourth-order valence-electron chi connectivity index (χ4n) is 2.36. The Labute approximate surface area is 100 Å². The van der Waals surface area contributed by atoms with Gasteiger partial charge in [0.15, 0.2) is 0 Å². The lowest BCUT2D eigenvalue weighted by Gasteiger charge is -2.29. The van der Waals surface area contributed by atoms with Crippen molar-refractivity contribution in [3.63, 3.8) is 0 Å². The minimum atomic E-state index is -0.652. The Morgan fingerprint density at radius 3 is 2.88 bits per heavy atom. The third-order valence-corrected chi connectivity index (χ3v) is 4.38. The van der Waals surface area contributed by atoms with E-state index in [1.807, 2.05) is 12.1 Å². The van der Waals surface area contributed by atoms with Crippen LogP contribution in [0.2, 0.25) is 0 Å². The quantitative estimate of drug-likeness (QED) is 0.858. The molecular weight excluding hydrogens is 220 g/mol. The van der Waals surface area contributed by atoms with Crippen LogP contribution in [0.15, 0.2) is 24.3 Å². The fourth-order valence-corrected chi connectivity index (χ4v) is 3.57. The highest BCUT2D eigenvalue weighted by atomic mass is 32.2. The number of aliphatic carboxylic acids is 1. The molecule has 0 bridgehead atoms. The van der Waals surface area contributed by atoms with Crippen molar-refractivity contribution in [2.45, 2.75) is 19.3 Å². The van der Waals surface area contributed by atoms with Gasteiger partial charge < -0.3 is 5.11 Å². The number of hydrogen-bond donors (Lipinski definition) is 1. The van der Waals surface area contributed by atoms with Crippen molar-refractivity contribution in [1.82, 2.24) is 0 Å². The second-order valence-corrected chi connectivity index (χ2v) is 5.42. The van der Waals surface area contributed by atoms with Crippen molar-refractivity contribution in [2.75, 3.05) is 11.5 Å². The first-order chi connectivity index (χ1) is 7.70. The summed E-state index contributed by atoms with van der Waals surface area (Å²) in [4.78, 5) is 11.2. The predicted octanol–water partition coefficient (Wildman–Crippen LogP) is 2.92. The van der Waals surface area contributed by atoms with Crippen LogP contribution in [-0.2, 0) is 4.79 Å². The van der Waals surface area contributed by atoms with Crippen molar-refractivity contribution in [3.8, 4) is 0 Å². The number of carboxylic acid groups (broad SMARTS) is 1. The number of aryl methyl sites for hydroxylation is 1. The monoisotopic (exact) mass is 236 g/mol. The van der Waals surface area contributed by atoms with E-state index in [0.717, 1.165) is 17.9 Å². The predicted molar refractivity (Wildman–Crippen MR) is 67.0 cm³/mol. The minimum Gasteiger partial charge on any atom is -0.481 e. The molecule has 3 heteroatoms. The third kappa shape index (κ3) is 2.24. The summed E-state index contributed by atoms with van der Waals surface area (Å²) in [5.41, 5.74) is 2.43. The summed E-state index contributed by atoms with van der Waals surface area (Å²) in [6.45, 7) is 2.07. The molecule has 0 radical (unpaired) electrons. The lowest BCUT2D eigenvalue weighted by Crippen LogP contribution is -2.28. The smallest absolute Gasteiger partial charge is 0.307 e. The summed E-state index contributed by atoms with van der Waals surface area (Å²) in [7, 11) is 0. The highest BCUT2D eigenvalue weighted by Crippen LogP contribution is 2.37. The summed E-state index contributed by atoms with van der Waals surface area (Å²) in [5.74, 6) is 1.14. The molecule has 86 valence electrons. The highest BCUT2D eigenvalue weighted by Gasteiger charge is 2.32. The average molecular weight is 236 g/mol. The number of carbonyl (C=O) groups is 1. The van der Waals surface area contributed by atoms with E-state index >= 15 is 0 Å². The van der Waals surface area contributed by atoms with Gasteiger partial charge in [-0.25, -0.2) is 0 Å². The standard InChI is InChI=1S/C13H16O2S/c1-9-4-2-3-5-10(9)11-6-7-16-8-12(11)13(14)15/h2-5,11-12H,6-8H2,1H3,(H,14,15). The van der Waals surface area contributed by atoms with Gasteiger partial charge in [-0.05, 0) is 36.1 Å². The first-order valence-corrected chi connectivity index (χ1v) is 6.71. The molecule has 16 heavy (non-hydrogen) atoms. The zero-order valence-electron chi connectivity index (χ0n) is 9.35.